The van der Waals surface area contributed by atoms with E-state index in [2.05, 4.69) is 10.4 Å². The van der Waals surface area contributed by atoms with Crippen LogP contribution >= 0.6 is 0 Å². The van der Waals surface area contributed by atoms with E-state index >= 15 is 0 Å². The topological polar surface area (TPSA) is 106 Å². The zero-order chi connectivity index (χ0) is 18.4. The van der Waals surface area contributed by atoms with Crippen molar-refractivity contribution in [2.45, 2.75) is 6.42 Å². The van der Waals surface area contributed by atoms with Crippen molar-refractivity contribution in [3.05, 3.63) is 53.2 Å². The van der Waals surface area contributed by atoms with Gasteiger partial charge in [-0.1, -0.05) is 12.2 Å². The van der Waals surface area contributed by atoms with Crippen LogP contribution in [0.4, 0.5) is 5.69 Å². The summed E-state index contributed by atoms with van der Waals surface area (Å²) in [6.07, 6.45) is 6.00. The fraction of sp³-hybridized carbons (Fsp3) is 0.333. The number of carboxylic acids is 1. The van der Waals surface area contributed by atoms with Crippen molar-refractivity contribution in [3.63, 3.8) is 0 Å². The zero-order valence-electron chi connectivity index (χ0n) is 14.1. The lowest BCUT2D eigenvalue weighted by Crippen LogP contribution is -2.36. The highest BCUT2D eigenvalue weighted by atomic mass is 16.4. The lowest BCUT2D eigenvalue weighted by atomic mass is 9.82. The molecule has 1 fully saturated rings. The number of nitrogens with one attached hydrogen (secondary N) is 1. The maximum Gasteiger partial charge on any atom is 0.350 e. The van der Waals surface area contributed by atoms with Crippen LogP contribution in [0, 0.1) is 23.7 Å². The van der Waals surface area contributed by atoms with E-state index < -0.39 is 17.8 Å². The number of aliphatic carboxylic acids is 1. The van der Waals surface area contributed by atoms with Crippen LogP contribution in [-0.4, -0.2) is 31.3 Å². The Morgan fingerprint density at radius 2 is 1.81 bits per heavy atom. The second-order valence-electron chi connectivity index (χ2n) is 6.81. The minimum absolute atomic E-state index is 0.0209. The number of aromatic nitrogens is 3. The third-order valence-corrected chi connectivity index (χ3v) is 5.25. The maximum atomic E-state index is 12.7. The number of allylic oxidation sites excluding steroid dienone is 2. The molecule has 0 spiro atoms. The first kappa shape index (κ1) is 16.3. The molecule has 1 aromatic carbocycles. The number of aryl methyl sites for hydroxylation is 1. The lowest BCUT2D eigenvalue weighted by molar-refractivity contribution is -0.146. The minimum Gasteiger partial charge on any atom is -0.481 e. The fourth-order valence-corrected chi connectivity index (χ4v) is 3.98. The molecule has 2 aliphatic rings. The molecule has 2 bridgehead atoms. The summed E-state index contributed by atoms with van der Waals surface area (Å²) in [7, 11) is 1.61. The molecule has 8 nitrogen and oxygen atoms in total. The highest BCUT2D eigenvalue weighted by molar-refractivity contribution is 5.96. The number of fused-ring (bicyclic) bond motifs is 2. The van der Waals surface area contributed by atoms with Gasteiger partial charge in [-0.15, -0.1) is 0 Å². The molecule has 0 radical (unpaired) electrons. The monoisotopic (exact) mass is 354 g/mol. The Morgan fingerprint density at radius 3 is 2.38 bits per heavy atom. The van der Waals surface area contributed by atoms with Crippen molar-refractivity contribution in [3.8, 4) is 5.69 Å². The van der Waals surface area contributed by atoms with E-state index in [1.165, 1.54) is 15.6 Å². The average Bonchev–Trinajstić information content (AvgIpc) is 3.31. The van der Waals surface area contributed by atoms with Gasteiger partial charge in [-0.25, -0.2) is 4.79 Å². The highest BCUT2D eigenvalue weighted by Crippen LogP contribution is 2.48. The van der Waals surface area contributed by atoms with E-state index in [0.29, 0.717) is 11.4 Å². The van der Waals surface area contributed by atoms with Crippen molar-refractivity contribution >= 4 is 17.6 Å². The van der Waals surface area contributed by atoms with E-state index in [-0.39, 0.29) is 23.4 Å². The number of carbonyl (C=O) groups excluding carboxylic acids is 1. The van der Waals surface area contributed by atoms with Crippen LogP contribution in [0.2, 0.25) is 0 Å². The quantitative estimate of drug-likeness (QED) is 0.798. The summed E-state index contributed by atoms with van der Waals surface area (Å²) >= 11 is 0. The second-order valence-corrected chi connectivity index (χ2v) is 6.81. The van der Waals surface area contributed by atoms with E-state index in [4.69, 9.17) is 0 Å². The minimum atomic E-state index is -0.924. The number of hydrogen-bond donors (Lipinski definition) is 2. The molecule has 2 N–H and O–H groups in total. The molecule has 2 aromatic rings. The third kappa shape index (κ3) is 2.54. The van der Waals surface area contributed by atoms with E-state index in [0.717, 1.165) is 6.42 Å². The normalized spacial score (nSPS) is 26.2. The van der Waals surface area contributed by atoms with E-state index in [1.54, 1.807) is 31.3 Å². The zero-order valence-corrected chi connectivity index (χ0v) is 14.1. The Hall–Kier alpha value is -3.16. The Balaban J connectivity index is 1.52. The van der Waals surface area contributed by atoms with Crippen molar-refractivity contribution in [2.75, 3.05) is 5.32 Å². The first-order valence-corrected chi connectivity index (χ1v) is 8.39. The number of rotatable bonds is 4. The van der Waals surface area contributed by atoms with E-state index in [1.807, 2.05) is 12.2 Å². The van der Waals surface area contributed by atoms with Crippen LogP contribution in [0.3, 0.4) is 0 Å². The molecule has 1 aromatic heterocycles. The molecule has 26 heavy (non-hydrogen) atoms. The SMILES string of the molecule is Cn1cnn(-c2ccc(NC(=O)C3C4C=CC(C4)C3C(=O)O)cc2)c1=O. The molecular weight excluding hydrogens is 336 g/mol. The highest BCUT2D eigenvalue weighted by Gasteiger charge is 2.51. The number of benzene rings is 1. The molecule has 4 rings (SSSR count). The second kappa shape index (κ2) is 5.98. The molecule has 134 valence electrons. The summed E-state index contributed by atoms with van der Waals surface area (Å²) < 4.78 is 2.62. The van der Waals surface area contributed by atoms with E-state index in [9.17, 15) is 19.5 Å². The first-order valence-electron chi connectivity index (χ1n) is 8.39. The number of carbonyl (C=O) groups is 2. The smallest absolute Gasteiger partial charge is 0.350 e. The largest absolute Gasteiger partial charge is 0.481 e. The van der Waals surface area contributed by atoms with Gasteiger partial charge < -0.3 is 10.4 Å². The van der Waals surface area contributed by atoms with Crippen LogP contribution in [0.25, 0.3) is 5.69 Å². The molecule has 0 aliphatic heterocycles. The van der Waals surface area contributed by atoms with Crippen LogP contribution < -0.4 is 11.0 Å². The molecule has 1 saturated carbocycles. The number of hydrogen-bond acceptors (Lipinski definition) is 4. The molecule has 0 saturated heterocycles. The van der Waals surface area contributed by atoms with Gasteiger partial charge in [0.15, 0.2) is 0 Å². The van der Waals surface area contributed by atoms with Gasteiger partial charge in [0.05, 0.1) is 17.5 Å². The van der Waals surface area contributed by atoms with Gasteiger partial charge in [0.2, 0.25) is 5.91 Å². The third-order valence-electron chi connectivity index (χ3n) is 5.25. The number of carboxylic acid groups (broad SMARTS) is 1. The fourth-order valence-electron chi connectivity index (χ4n) is 3.98. The Morgan fingerprint density at radius 1 is 1.15 bits per heavy atom. The lowest BCUT2D eigenvalue weighted by Gasteiger charge is -2.23. The first-order chi connectivity index (χ1) is 12.5. The maximum absolute atomic E-state index is 12.7. The van der Waals surface area contributed by atoms with Crippen molar-refractivity contribution in [1.29, 1.82) is 0 Å². The van der Waals surface area contributed by atoms with Crippen LogP contribution in [0.15, 0.2) is 47.5 Å². The summed E-state index contributed by atoms with van der Waals surface area (Å²) in [5.74, 6) is -2.51. The van der Waals surface area contributed by atoms with Crippen LogP contribution in [-0.2, 0) is 16.6 Å². The molecule has 2 aliphatic carbocycles. The number of amides is 1. The van der Waals surface area contributed by atoms with Gasteiger partial charge in [-0.2, -0.15) is 9.78 Å². The van der Waals surface area contributed by atoms with Crippen molar-refractivity contribution in [2.24, 2.45) is 30.7 Å². The molecule has 4 unspecified atom stereocenters. The summed E-state index contributed by atoms with van der Waals surface area (Å²) in [5.41, 5.74) is 0.873. The Kier molecular flexibility index (Phi) is 3.75. The van der Waals surface area contributed by atoms with Gasteiger partial charge in [-0.3, -0.25) is 14.2 Å². The van der Waals surface area contributed by atoms with Crippen LogP contribution in [0.5, 0.6) is 0 Å². The standard InChI is InChI=1S/C18H18N4O4/c1-21-9-19-22(18(21)26)13-6-4-12(5-7-13)20-16(23)14-10-2-3-11(8-10)15(14)17(24)25/h2-7,9-11,14-15H,8H2,1H3,(H,20,23)(H,24,25). The Labute approximate surface area is 148 Å². The summed E-state index contributed by atoms with van der Waals surface area (Å²) in [5, 5.41) is 16.3. The van der Waals surface area contributed by atoms with Crippen molar-refractivity contribution < 1.29 is 14.7 Å². The van der Waals surface area contributed by atoms with Crippen LogP contribution in [0.1, 0.15) is 6.42 Å². The average molecular weight is 354 g/mol. The predicted octanol–water partition coefficient (Wildman–Crippen LogP) is 1.03. The summed E-state index contributed by atoms with van der Waals surface area (Å²) in [6, 6.07) is 6.71. The van der Waals surface area contributed by atoms with Gasteiger partial charge in [-0.05, 0) is 42.5 Å². The molecule has 1 heterocycles. The number of anilines is 1. The summed E-state index contributed by atoms with van der Waals surface area (Å²) in [4.78, 5) is 36.1. The molecular formula is C18H18N4O4. The van der Waals surface area contributed by atoms with Gasteiger partial charge in [0.1, 0.15) is 6.33 Å². The summed E-state index contributed by atoms with van der Waals surface area (Å²) in [6.45, 7) is 0. The van der Waals surface area contributed by atoms with Gasteiger partial charge in [0.25, 0.3) is 0 Å². The molecule has 8 heteroatoms. The van der Waals surface area contributed by atoms with Crippen molar-refractivity contribution in [1.82, 2.24) is 14.3 Å². The Bertz CT molecular complexity index is 956. The molecule has 1 amide bonds. The molecule has 4 atom stereocenters. The van der Waals surface area contributed by atoms with Gasteiger partial charge >= 0.3 is 11.7 Å². The number of nitrogens with zero attached hydrogens (tertiary/aromatic N) is 3. The predicted molar refractivity (Wildman–Crippen MR) is 92.8 cm³/mol. The van der Waals surface area contributed by atoms with Gasteiger partial charge in [0, 0.05) is 12.7 Å².